The molecule has 100 valence electrons. The fourth-order valence-corrected chi connectivity index (χ4v) is 1.60. The zero-order valence-corrected chi connectivity index (χ0v) is 11.3. The van der Waals surface area contributed by atoms with E-state index in [1.165, 1.54) is 0 Å². The smallest absolute Gasteiger partial charge is 0.234 e. The van der Waals surface area contributed by atoms with Gasteiger partial charge in [-0.1, -0.05) is 6.07 Å². The largest absolute Gasteiger partial charge is 0.493 e. The second kappa shape index (κ2) is 6.86. The van der Waals surface area contributed by atoms with Crippen LogP contribution in [0.5, 0.6) is 11.5 Å². The maximum absolute atomic E-state index is 11.5. The van der Waals surface area contributed by atoms with Gasteiger partial charge in [-0.3, -0.25) is 10.2 Å². The topological polar surface area (TPSA) is 50.8 Å². The Balaban J connectivity index is 2.60. The molecule has 1 amide bonds. The Hall–Kier alpha value is -1.75. The third-order valence-corrected chi connectivity index (χ3v) is 2.44. The molecule has 0 unspecified atom stereocenters. The molecule has 5 nitrogen and oxygen atoms in total. The Morgan fingerprint density at radius 2 is 1.89 bits per heavy atom. The molecule has 0 aliphatic heterocycles. The monoisotopic (exact) mass is 252 g/mol. The summed E-state index contributed by atoms with van der Waals surface area (Å²) in [7, 11) is 6.77. The van der Waals surface area contributed by atoms with E-state index in [1.807, 2.05) is 18.2 Å². The Morgan fingerprint density at radius 1 is 1.22 bits per heavy atom. The second-order valence-corrected chi connectivity index (χ2v) is 4.12. The zero-order chi connectivity index (χ0) is 13.5. The molecule has 0 fully saturated rings. The number of aryl methyl sites for hydroxylation is 1. The van der Waals surface area contributed by atoms with Gasteiger partial charge in [0.2, 0.25) is 5.91 Å². The molecule has 0 saturated heterocycles. The van der Waals surface area contributed by atoms with Crippen LogP contribution in [0.15, 0.2) is 18.2 Å². The first kappa shape index (κ1) is 14.3. The normalized spacial score (nSPS) is 10.3. The number of carbonyl (C=O) groups excluding carboxylic acids is 1. The van der Waals surface area contributed by atoms with Crippen molar-refractivity contribution < 1.29 is 14.3 Å². The Bertz CT molecular complexity index is 405. The summed E-state index contributed by atoms with van der Waals surface area (Å²) in [5.41, 5.74) is 3.75. The molecule has 0 atom stereocenters. The van der Waals surface area contributed by atoms with Crippen LogP contribution in [0, 0.1) is 0 Å². The van der Waals surface area contributed by atoms with Crippen LogP contribution >= 0.6 is 0 Å². The molecular formula is C13H20N2O3. The summed E-state index contributed by atoms with van der Waals surface area (Å²) < 4.78 is 10.4. The van der Waals surface area contributed by atoms with Crippen LogP contribution in [0.1, 0.15) is 12.0 Å². The van der Waals surface area contributed by atoms with Gasteiger partial charge >= 0.3 is 0 Å². The number of benzene rings is 1. The van der Waals surface area contributed by atoms with Crippen LogP contribution in [0.3, 0.4) is 0 Å². The lowest BCUT2D eigenvalue weighted by Crippen LogP contribution is -2.36. The summed E-state index contributed by atoms with van der Waals surface area (Å²) in [6.07, 6.45) is 1.10. The van der Waals surface area contributed by atoms with Gasteiger partial charge in [0.15, 0.2) is 11.5 Å². The molecule has 0 saturated carbocycles. The highest BCUT2D eigenvalue weighted by Gasteiger charge is 2.07. The molecule has 0 aromatic heterocycles. The number of ether oxygens (including phenoxy) is 2. The quantitative estimate of drug-likeness (QED) is 0.774. The van der Waals surface area contributed by atoms with Crippen LogP contribution in [-0.2, 0) is 11.2 Å². The van der Waals surface area contributed by atoms with E-state index in [9.17, 15) is 4.79 Å². The van der Waals surface area contributed by atoms with E-state index >= 15 is 0 Å². The molecule has 1 aromatic carbocycles. The SMILES string of the molecule is COc1ccc(CCC(=O)NN(C)C)cc1OC. The minimum Gasteiger partial charge on any atom is -0.493 e. The van der Waals surface area contributed by atoms with Crippen molar-refractivity contribution in [2.75, 3.05) is 28.3 Å². The summed E-state index contributed by atoms with van der Waals surface area (Å²) in [5.74, 6) is 1.37. The first-order valence-electron chi connectivity index (χ1n) is 5.74. The highest BCUT2D eigenvalue weighted by molar-refractivity contribution is 5.75. The Kier molecular flexibility index (Phi) is 5.45. The van der Waals surface area contributed by atoms with Crippen molar-refractivity contribution in [3.63, 3.8) is 0 Å². The van der Waals surface area contributed by atoms with Gasteiger partial charge in [-0.2, -0.15) is 0 Å². The van der Waals surface area contributed by atoms with Crippen molar-refractivity contribution in [2.24, 2.45) is 0 Å². The first-order valence-corrected chi connectivity index (χ1v) is 5.74. The predicted octanol–water partition coefficient (Wildman–Crippen LogP) is 1.23. The van der Waals surface area contributed by atoms with Crippen LogP contribution < -0.4 is 14.9 Å². The molecule has 0 aliphatic carbocycles. The molecule has 0 heterocycles. The van der Waals surface area contributed by atoms with Gasteiger partial charge in [0.05, 0.1) is 14.2 Å². The molecule has 1 N–H and O–H groups in total. The van der Waals surface area contributed by atoms with Crippen LogP contribution in [0.4, 0.5) is 0 Å². The molecular weight excluding hydrogens is 232 g/mol. The fourth-order valence-electron chi connectivity index (χ4n) is 1.60. The molecule has 18 heavy (non-hydrogen) atoms. The number of hydrazine groups is 1. The molecule has 0 aliphatic rings. The summed E-state index contributed by atoms with van der Waals surface area (Å²) in [5, 5.41) is 1.64. The first-order chi connectivity index (χ1) is 8.56. The van der Waals surface area contributed by atoms with Crippen LogP contribution in [0.25, 0.3) is 0 Å². The van der Waals surface area contributed by atoms with Crippen molar-refractivity contribution in [1.82, 2.24) is 10.4 Å². The minimum absolute atomic E-state index is 0.00483. The van der Waals surface area contributed by atoms with E-state index in [1.54, 1.807) is 33.3 Å². The molecule has 5 heteroatoms. The number of methoxy groups -OCH3 is 2. The van der Waals surface area contributed by atoms with Crippen molar-refractivity contribution in [3.05, 3.63) is 23.8 Å². The highest BCUT2D eigenvalue weighted by atomic mass is 16.5. The van der Waals surface area contributed by atoms with Gasteiger partial charge < -0.3 is 9.47 Å². The standard InChI is InChI=1S/C13H20N2O3/c1-15(2)14-13(16)8-6-10-5-7-11(17-3)12(9-10)18-4/h5,7,9H,6,8H2,1-4H3,(H,14,16). The maximum atomic E-state index is 11.5. The summed E-state index contributed by atoms with van der Waals surface area (Å²) in [6, 6.07) is 5.67. The fraction of sp³-hybridized carbons (Fsp3) is 0.462. The third kappa shape index (κ3) is 4.25. The Labute approximate surface area is 108 Å². The van der Waals surface area contributed by atoms with Gasteiger partial charge in [-0.05, 0) is 24.1 Å². The molecule has 1 aromatic rings. The number of nitrogens with zero attached hydrogens (tertiary/aromatic N) is 1. The molecule has 0 bridgehead atoms. The van der Waals surface area contributed by atoms with Gasteiger partial charge in [0.25, 0.3) is 0 Å². The lowest BCUT2D eigenvalue weighted by atomic mass is 10.1. The van der Waals surface area contributed by atoms with Crippen molar-refractivity contribution in [2.45, 2.75) is 12.8 Å². The summed E-state index contributed by atoms with van der Waals surface area (Å²) in [4.78, 5) is 11.5. The van der Waals surface area contributed by atoms with Crippen molar-refractivity contribution in [3.8, 4) is 11.5 Å². The predicted molar refractivity (Wildman–Crippen MR) is 69.7 cm³/mol. The Morgan fingerprint density at radius 3 is 2.44 bits per heavy atom. The number of amides is 1. The second-order valence-electron chi connectivity index (χ2n) is 4.12. The highest BCUT2D eigenvalue weighted by Crippen LogP contribution is 2.27. The molecule has 1 rings (SSSR count). The van der Waals surface area contributed by atoms with E-state index in [0.29, 0.717) is 24.3 Å². The third-order valence-electron chi connectivity index (χ3n) is 2.44. The minimum atomic E-state index is -0.00483. The van der Waals surface area contributed by atoms with Gasteiger partial charge in [-0.25, -0.2) is 5.01 Å². The van der Waals surface area contributed by atoms with Gasteiger partial charge in [-0.15, -0.1) is 0 Å². The summed E-state index contributed by atoms with van der Waals surface area (Å²) in [6.45, 7) is 0. The lowest BCUT2D eigenvalue weighted by molar-refractivity contribution is -0.124. The van der Waals surface area contributed by atoms with E-state index in [0.717, 1.165) is 5.56 Å². The van der Waals surface area contributed by atoms with Crippen molar-refractivity contribution >= 4 is 5.91 Å². The summed E-state index contributed by atoms with van der Waals surface area (Å²) >= 11 is 0. The zero-order valence-electron chi connectivity index (χ0n) is 11.3. The number of rotatable bonds is 6. The van der Waals surface area contributed by atoms with E-state index in [4.69, 9.17) is 9.47 Å². The number of nitrogens with one attached hydrogen (secondary N) is 1. The van der Waals surface area contributed by atoms with Crippen LogP contribution in [0.2, 0.25) is 0 Å². The molecule has 0 spiro atoms. The van der Waals surface area contributed by atoms with Gasteiger partial charge in [0, 0.05) is 20.5 Å². The van der Waals surface area contributed by atoms with Crippen molar-refractivity contribution in [1.29, 1.82) is 0 Å². The van der Waals surface area contributed by atoms with E-state index < -0.39 is 0 Å². The average molecular weight is 252 g/mol. The number of hydrogen-bond donors (Lipinski definition) is 1. The molecule has 0 radical (unpaired) electrons. The number of hydrogen-bond acceptors (Lipinski definition) is 4. The maximum Gasteiger partial charge on any atom is 0.234 e. The number of carbonyl (C=O) groups is 1. The van der Waals surface area contributed by atoms with Gasteiger partial charge in [0.1, 0.15) is 0 Å². The van der Waals surface area contributed by atoms with Crippen LogP contribution in [-0.4, -0.2) is 39.2 Å². The lowest BCUT2D eigenvalue weighted by Gasteiger charge is -2.12. The van der Waals surface area contributed by atoms with E-state index in [2.05, 4.69) is 5.43 Å². The van der Waals surface area contributed by atoms with E-state index in [-0.39, 0.29) is 5.91 Å². The average Bonchev–Trinajstić information content (AvgIpc) is 2.35.